The number of piperidine rings is 1. The van der Waals surface area contributed by atoms with E-state index in [1.807, 2.05) is 35.0 Å². The molecule has 2 saturated heterocycles. The predicted molar refractivity (Wildman–Crippen MR) is 198 cm³/mol. The maximum Gasteiger partial charge on any atom is 0.235 e. The smallest absolute Gasteiger partial charge is 0.235 e. The van der Waals surface area contributed by atoms with E-state index in [-0.39, 0.29) is 11.8 Å². The summed E-state index contributed by atoms with van der Waals surface area (Å²) in [5.74, 6) is 1.49. The van der Waals surface area contributed by atoms with Crippen LogP contribution in [-0.4, -0.2) is 73.6 Å². The topological polar surface area (TPSA) is 101 Å². The lowest BCUT2D eigenvalue weighted by Gasteiger charge is -2.40. The van der Waals surface area contributed by atoms with Gasteiger partial charge in [-0.25, -0.2) is 8.42 Å². The third-order valence-electron chi connectivity index (χ3n) is 12.1. The Bertz CT molecular complexity index is 1920. The monoisotopic (exact) mass is 700 g/mol. The number of rotatable bonds is 10. The maximum atomic E-state index is 14.7. The molecule has 1 N–H and O–H groups in total. The van der Waals surface area contributed by atoms with Gasteiger partial charge in [-0.15, -0.1) is 0 Å². The van der Waals surface area contributed by atoms with Crippen LogP contribution in [0.1, 0.15) is 95.1 Å². The second-order valence-corrected chi connectivity index (χ2v) is 17.9. The van der Waals surface area contributed by atoms with Gasteiger partial charge < -0.3 is 19.1 Å². The minimum atomic E-state index is -3.58. The zero-order chi connectivity index (χ0) is 35.4. The third kappa shape index (κ3) is 6.11. The van der Waals surface area contributed by atoms with Crippen molar-refractivity contribution in [1.82, 2.24) is 19.1 Å². The highest BCUT2D eigenvalue weighted by Gasteiger charge is 2.56. The minimum Gasteiger partial charge on any atom is -0.497 e. The third-order valence-corrected chi connectivity index (χ3v) is 13.8. The molecule has 4 aliphatic rings. The summed E-state index contributed by atoms with van der Waals surface area (Å²) >= 11 is 0. The molecule has 10 heteroatoms. The number of nitrogens with one attached hydrogen (secondary N) is 1. The molecule has 1 atom stereocenters. The van der Waals surface area contributed by atoms with Crippen LogP contribution in [0, 0.1) is 10.8 Å². The lowest BCUT2D eigenvalue weighted by atomic mass is 9.78. The number of carbonyl (C=O) groups is 2. The highest BCUT2D eigenvalue weighted by Crippen LogP contribution is 2.53. The Morgan fingerprint density at radius 1 is 1.00 bits per heavy atom. The van der Waals surface area contributed by atoms with Gasteiger partial charge in [0.2, 0.25) is 21.8 Å². The van der Waals surface area contributed by atoms with Crippen LogP contribution in [0.25, 0.3) is 27.9 Å². The minimum absolute atomic E-state index is 0.158. The molecule has 2 aromatic carbocycles. The van der Waals surface area contributed by atoms with Gasteiger partial charge in [-0.2, -0.15) is 0 Å². The molecule has 3 aromatic rings. The number of benzene rings is 2. The van der Waals surface area contributed by atoms with Crippen LogP contribution >= 0.6 is 0 Å². The van der Waals surface area contributed by atoms with Gasteiger partial charge in [-0.3, -0.25) is 14.3 Å². The molecule has 4 fully saturated rings. The lowest BCUT2D eigenvalue weighted by molar-refractivity contribution is -0.146. The second-order valence-electron chi connectivity index (χ2n) is 15.7. The zero-order valence-electron chi connectivity index (χ0n) is 30.1. The first-order valence-corrected chi connectivity index (χ1v) is 20.0. The molecule has 1 aromatic heterocycles. The molecule has 268 valence electrons. The Morgan fingerprint density at radius 2 is 1.72 bits per heavy atom. The number of carbonyl (C=O) groups excluding carboxylic acids is 2. The van der Waals surface area contributed by atoms with Crippen molar-refractivity contribution < 1.29 is 22.7 Å². The highest BCUT2D eigenvalue weighted by molar-refractivity contribution is 7.90. The first-order chi connectivity index (χ1) is 23.9. The van der Waals surface area contributed by atoms with E-state index in [0.29, 0.717) is 36.8 Å². The van der Waals surface area contributed by atoms with E-state index in [9.17, 15) is 18.0 Å². The largest absolute Gasteiger partial charge is 0.497 e. The number of amides is 2. The van der Waals surface area contributed by atoms with E-state index in [1.54, 1.807) is 21.0 Å². The molecule has 2 aliphatic carbocycles. The molecule has 9 nitrogen and oxygen atoms in total. The van der Waals surface area contributed by atoms with Crippen LogP contribution in [0.3, 0.4) is 0 Å². The number of likely N-dealkylation sites (tertiary alicyclic amines) is 2. The molecule has 2 aliphatic heterocycles. The molecule has 1 spiro atoms. The summed E-state index contributed by atoms with van der Waals surface area (Å²) in [6.07, 6.45) is 9.89. The first kappa shape index (κ1) is 34.6. The number of hydrogen-bond acceptors (Lipinski definition) is 5. The number of fused-ring (bicyclic) bond motifs is 1. The summed E-state index contributed by atoms with van der Waals surface area (Å²) in [7, 11) is -0.0375. The van der Waals surface area contributed by atoms with Crippen LogP contribution in [-0.2, 0) is 26.2 Å². The predicted octanol–water partition coefficient (Wildman–Crippen LogP) is 6.91. The van der Waals surface area contributed by atoms with Gasteiger partial charge in [-0.05, 0) is 106 Å². The molecule has 2 amide bonds. The number of nitrogens with zero attached hydrogens (tertiary/aromatic N) is 3. The summed E-state index contributed by atoms with van der Waals surface area (Å²) in [6.45, 7) is 9.90. The van der Waals surface area contributed by atoms with Crippen molar-refractivity contribution in [3.05, 3.63) is 60.2 Å². The Balaban J connectivity index is 1.34. The summed E-state index contributed by atoms with van der Waals surface area (Å²) < 4.78 is 36.3. The average molecular weight is 701 g/mol. The number of methoxy groups -OCH3 is 1. The molecule has 7 rings (SSSR count). The summed E-state index contributed by atoms with van der Waals surface area (Å²) in [6, 6.07) is 14.4. The Labute approximate surface area is 297 Å². The lowest BCUT2D eigenvalue weighted by Crippen LogP contribution is -2.51. The van der Waals surface area contributed by atoms with Crippen molar-refractivity contribution in [3.8, 4) is 17.0 Å². The van der Waals surface area contributed by atoms with Gasteiger partial charge in [0.1, 0.15) is 5.75 Å². The van der Waals surface area contributed by atoms with Gasteiger partial charge >= 0.3 is 0 Å². The highest BCUT2D eigenvalue weighted by atomic mass is 32.2. The molecule has 1 unspecified atom stereocenters. The van der Waals surface area contributed by atoms with Gasteiger partial charge in [0.05, 0.1) is 28.9 Å². The molecule has 0 radical (unpaired) electrons. The normalized spacial score (nSPS) is 22.5. The molecule has 2 saturated carbocycles. The number of hydrogen-bond donors (Lipinski definition) is 1. The SMILES string of the molecule is C=C(NS(=O)(=O)C(C)C)c1ccc2c(C3CCCCC3)c(-c3ccc(OC)cc3)n(CC3(C(=O)N4CCCC5(CCN(C)C5=O)C4)CC3)c2c1. The fourth-order valence-electron chi connectivity index (χ4n) is 8.85. The Kier molecular flexibility index (Phi) is 9.06. The van der Waals surface area contributed by atoms with Gasteiger partial charge in [0.25, 0.3) is 0 Å². The van der Waals surface area contributed by atoms with E-state index < -0.39 is 26.1 Å². The Hall–Kier alpha value is -3.79. The summed E-state index contributed by atoms with van der Waals surface area (Å²) in [5, 5.41) is 0.548. The van der Waals surface area contributed by atoms with Crippen LogP contribution in [0.15, 0.2) is 49.0 Å². The summed E-state index contributed by atoms with van der Waals surface area (Å²) in [4.78, 5) is 31.8. The van der Waals surface area contributed by atoms with Crippen LogP contribution in [0.4, 0.5) is 0 Å². The van der Waals surface area contributed by atoms with E-state index in [4.69, 9.17) is 4.74 Å². The average Bonchev–Trinajstić information content (AvgIpc) is 3.78. The van der Waals surface area contributed by atoms with Crippen molar-refractivity contribution in [2.24, 2.45) is 10.8 Å². The van der Waals surface area contributed by atoms with E-state index in [1.165, 1.54) is 24.8 Å². The van der Waals surface area contributed by atoms with Crippen molar-refractivity contribution in [1.29, 1.82) is 0 Å². The van der Waals surface area contributed by atoms with Gasteiger partial charge in [0, 0.05) is 55.4 Å². The van der Waals surface area contributed by atoms with Crippen molar-refractivity contribution in [2.45, 2.75) is 95.8 Å². The van der Waals surface area contributed by atoms with Gasteiger partial charge in [0.15, 0.2) is 0 Å². The Morgan fingerprint density at radius 3 is 2.34 bits per heavy atom. The quantitative estimate of drug-likeness (QED) is 0.248. The zero-order valence-corrected chi connectivity index (χ0v) is 30.9. The van der Waals surface area contributed by atoms with E-state index in [0.717, 1.165) is 79.4 Å². The molecular formula is C40H52N4O5S. The van der Waals surface area contributed by atoms with Crippen LogP contribution in [0.5, 0.6) is 5.75 Å². The first-order valence-electron chi connectivity index (χ1n) is 18.4. The van der Waals surface area contributed by atoms with Crippen molar-refractivity contribution >= 4 is 38.4 Å². The van der Waals surface area contributed by atoms with Crippen LogP contribution < -0.4 is 9.46 Å². The van der Waals surface area contributed by atoms with E-state index in [2.05, 4.69) is 40.1 Å². The van der Waals surface area contributed by atoms with Crippen molar-refractivity contribution in [3.63, 3.8) is 0 Å². The molecule has 3 heterocycles. The fourth-order valence-corrected chi connectivity index (χ4v) is 9.55. The molecule has 50 heavy (non-hydrogen) atoms. The second kappa shape index (κ2) is 13.1. The maximum absolute atomic E-state index is 14.7. The fraction of sp³-hybridized carbons (Fsp3) is 0.550. The van der Waals surface area contributed by atoms with E-state index >= 15 is 0 Å². The number of ether oxygens (including phenoxy) is 1. The molecular weight excluding hydrogens is 649 g/mol. The number of aromatic nitrogens is 1. The molecule has 0 bridgehead atoms. The van der Waals surface area contributed by atoms with Crippen molar-refractivity contribution in [2.75, 3.05) is 33.8 Å². The van der Waals surface area contributed by atoms with Crippen LogP contribution in [0.2, 0.25) is 0 Å². The summed E-state index contributed by atoms with van der Waals surface area (Å²) in [5.41, 5.74) is 4.51. The number of sulfonamides is 1. The standard InChI is InChI=1S/C40H52N4O5S/c1-27(2)50(47,48)41-28(3)31-14-17-33-34(24-31)44(36(30-12-15-32(49-5)16-13-30)35(33)29-10-7-6-8-11-29)26-40(19-20-40)38(46)43-22-9-18-39(25-43)21-23-42(4)37(39)45/h12-17,24,27,29,41H,3,6-11,18-23,25-26H2,1-2,4-5H3. The van der Waals surface area contributed by atoms with Gasteiger partial charge in [-0.1, -0.05) is 38.0 Å².